The molecule has 1 saturated heterocycles. The van der Waals surface area contributed by atoms with Crippen LogP contribution in [-0.4, -0.2) is 61.2 Å². The summed E-state index contributed by atoms with van der Waals surface area (Å²) >= 11 is 0. The Balaban J connectivity index is 1.57. The Hall–Kier alpha value is -2.25. The van der Waals surface area contributed by atoms with Gasteiger partial charge in [0, 0.05) is 32.1 Å². The first-order chi connectivity index (χ1) is 10.7. The van der Waals surface area contributed by atoms with Crippen molar-refractivity contribution in [3.8, 4) is 0 Å². The van der Waals surface area contributed by atoms with Crippen LogP contribution in [0.2, 0.25) is 0 Å². The second-order valence-electron chi connectivity index (χ2n) is 6.09. The summed E-state index contributed by atoms with van der Waals surface area (Å²) < 4.78 is 1.48. The number of piperidine rings is 1. The number of carbonyl (C=O) groups is 1. The molecule has 1 aliphatic heterocycles. The van der Waals surface area contributed by atoms with Gasteiger partial charge in [0.2, 0.25) is 5.91 Å². The molecule has 22 heavy (non-hydrogen) atoms. The van der Waals surface area contributed by atoms with Gasteiger partial charge in [0.05, 0.1) is 0 Å². The monoisotopic (exact) mass is 301 g/mol. The van der Waals surface area contributed by atoms with Gasteiger partial charge in [-0.25, -0.2) is 0 Å². The van der Waals surface area contributed by atoms with Gasteiger partial charge in [-0.15, -0.1) is 14.8 Å². The first-order valence-corrected chi connectivity index (χ1v) is 7.81. The number of fused-ring (bicyclic) bond motifs is 1. The van der Waals surface area contributed by atoms with Gasteiger partial charge >= 0.3 is 0 Å². The molecule has 0 radical (unpaired) electrons. The number of hydrogen-bond acceptors (Lipinski definition) is 6. The number of anilines is 1. The van der Waals surface area contributed by atoms with E-state index in [1.807, 2.05) is 17.0 Å². The third-order valence-electron chi connectivity index (χ3n) is 4.56. The number of rotatable bonds is 3. The predicted molar refractivity (Wildman–Crippen MR) is 79.4 cm³/mol. The standard InChI is InChI=1S/C14H19N7O/c1-10(22)19-8-6-12(7-9-19)20(11-2-3-11)14-5-4-13-15-17-18-21(13)16-14/h4-5,11-12H,2-3,6-9H2,1H3. The summed E-state index contributed by atoms with van der Waals surface area (Å²) in [6.07, 6.45) is 4.40. The first-order valence-electron chi connectivity index (χ1n) is 7.81. The lowest BCUT2D eigenvalue weighted by molar-refractivity contribution is -0.129. The maximum atomic E-state index is 11.5. The highest BCUT2D eigenvalue weighted by atomic mass is 16.2. The molecule has 3 heterocycles. The number of aromatic nitrogens is 5. The Morgan fingerprint density at radius 2 is 1.91 bits per heavy atom. The van der Waals surface area contributed by atoms with Crippen molar-refractivity contribution in [2.45, 2.75) is 44.7 Å². The van der Waals surface area contributed by atoms with E-state index in [1.54, 1.807) is 6.92 Å². The first kappa shape index (κ1) is 13.4. The zero-order valence-corrected chi connectivity index (χ0v) is 12.6. The van der Waals surface area contributed by atoms with Crippen molar-refractivity contribution < 1.29 is 4.79 Å². The average Bonchev–Trinajstić information content (AvgIpc) is 3.24. The number of likely N-dealkylation sites (tertiary alicyclic amines) is 1. The molecule has 2 aromatic rings. The normalized spacial score (nSPS) is 19.6. The minimum atomic E-state index is 0.171. The molecule has 2 aromatic heterocycles. The van der Waals surface area contributed by atoms with Crippen LogP contribution in [0.5, 0.6) is 0 Å². The molecule has 1 aliphatic carbocycles. The van der Waals surface area contributed by atoms with Gasteiger partial charge in [-0.3, -0.25) is 4.79 Å². The quantitative estimate of drug-likeness (QED) is 0.821. The number of hydrogen-bond donors (Lipinski definition) is 0. The molecular weight excluding hydrogens is 282 g/mol. The molecule has 1 amide bonds. The van der Waals surface area contributed by atoms with E-state index in [0.29, 0.717) is 17.7 Å². The van der Waals surface area contributed by atoms with Crippen LogP contribution in [-0.2, 0) is 4.79 Å². The Morgan fingerprint density at radius 1 is 1.18 bits per heavy atom. The Kier molecular flexibility index (Phi) is 3.16. The molecule has 4 rings (SSSR count). The highest BCUT2D eigenvalue weighted by Gasteiger charge is 2.37. The van der Waals surface area contributed by atoms with Gasteiger partial charge in [-0.05, 0) is 48.2 Å². The summed E-state index contributed by atoms with van der Waals surface area (Å²) in [7, 11) is 0. The van der Waals surface area contributed by atoms with E-state index in [9.17, 15) is 4.79 Å². The Bertz CT molecular complexity index is 687. The van der Waals surface area contributed by atoms with Gasteiger partial charge < -0.3 is 9.80 Å². The van der Waals surface area contributed by atoms with Crippen molar-refractivity contribution >= 4 is 17.4 Å². The van der Waals surface area contributed by atoms with Crippen molar-refractivity contribution in [3.05, 3.63) is 12.1 Å². The molecule has 0 aromatic carbocycles. The van der Waals surface area contributed by atoms with E-state index in [4.69, 9.17) is 0 Å². The smallest absolute Gasteiger partial charge is 0.219 e. The minimum absolute atomic E-state index is 0.171. The number of nitrogens with zero attached hydrogens (tertiary/aromatic N) is 7. The van der Waals surface area contributed by atoms with Gasteiger partial charge in [0.25, 0.3) is 0 Å². The Morgan fingerprint density at radius 3 is 2.59 bits per heavy atom. The maximum absolute atomic E-state index is 11.5. The van der Waals surface area contributed by atoms with Crippen LogP contribution in [0.3, 0.4) is 0 Å². The van der Waals surface area contributed by atoms with Crippen molar-refractivity contribution in [2.75, 3.05) is 18.0 Å². The summed E-state index contributed by atoms with van der Waals surface area (Å²) in [5.74, 6) is 1.10. The van der Waals surface area contributed by atoms with Crippen molar-refractivity contribution in [3.63, 3.8) is 0 Å². The molecule has 0 spiro atoms. The van der Waals surface area contributed by atoms with Crippen molar-refractivity contribution in [1.29, 1.82) is 0 Å². The topological polar surface area (TPSA) is 79.5 Å². The largest absolute Gasteiger partial charge is 0.349 e. The third kappa shape index (κ3) is 2.38. The second-order valence-corrected chi connectivity index (χ2v) is 6.09. The molecule has 2 aliphatic rings. The number of carbonyl (C=O) groups excluding carboxylic acids is 1. The third-order valence-corrected chi connectivity index (χ3v) is 4.56. The molecule has 2 fully saturated rings. The SMILES string of the molecule is CC(=O)N1CCC(N(c2ccc3nnnn3n2)C2CC2)CC1. The summed E-state index contributed by atoms with van der Waals surface area (Å²) in [6, 6.07) is 4.91. The lowest BCUT2D eigenvalue weighted by Crippen LogP contribution is -2.47. The summed E-state index contributed by atoms with van der Waals surface area (Å²) in [6.45, 7) is 3.30. The van der Waals surface area contributed by atoms with E-state index in [-0.39, 0.29) is 5.91 Å². The lowest BCUT2D eigenvalue weighted by atomic mass is 10.0. The van der Waals surface area contributed by atoms with Crippen LogP contribution in [0.4, 0.5) is 5.82 Å². The molecule has 0 N–H and O–H groups in total. The molecular formula is C14H19N7O. The highest BCUT2D eigenvalue weighted by Crippen LogP contribution is 2.35. The summed E-state index contributed by atoms with van der Waals surface area (Å²) in [4.78, 5) is 15.8. The predicted octanol–water partition coefficient (Wildman–Crippen LogP) is 0.499. The van der Waals surface area contributed by atoms with Crippen LogP contribution in [0.15, 0.2) is 12.1 Å². The zero-order chi connectivity index (χ0) is 15.1. The summed E-state index contributed by atoms with van der Waals surface area (Å²) in [5, 5.41) is 16.0. The minimum Gasteiger partial charge on any atom is -0.349 e. The van der Waals surface area contributed by atoms with Crippen molar-refractivity contribution in [2.24, 2.45) is 0 Å². The fourth-order valence-electron chi connectivity index (χ4n) is 3.26. The molecule has 0 bridgehead atoms. The van der Waals surface area contributed by atoms with Gasteiger partial charge in [-0.1, -0.05) is 0 Å². The number of tetrazole rings is 1. The van der Waals surface area contributed by atoms with Crippen LogP contribution >= 0.6 is 0 Å². The molecule has 116 valence electrons. The van der Waals surface area contributed by atoms with E-state index in [1.165, 1.54) is 17.5 Å². The highest BCUT2D eigenvalue weighted by molar-refractivity contribution is 5.73. The molecule has 0 unspecified atom stereocenters. The Labute approximate surface area is 128 Å². The van der Waals surface area contributed by atoms with E-state index in [0.717, 1.165) is 31.7 Å². The fourth-order valence-corrected chi connectivity index (χ4v) is 3.26. The van der Waals surface area contributed by atoms with Crippen molar-refractivity contribution in [1.82, 2.24) is 30.2 Å². The molecule has 1 saturated carbocycles. The number of amides is 1. The van der Waals surface area contributed by atoms with Gasteiger partial charge in [0.1, 0.15) is 0 Å². The lowest BCUT2D eigenvalue weighted by Gasteiger charge is -2.39. The molecule has 0 atom stereocenters. The van der Waals surface area contributed by atoms with Crippen LogP contribution in [0.25, 0.3) is 5.65 Å². The maximum Gasteiger partial charge on any atom is 0.219 e. The van der Waals surface area contributed by atoms with Crippen LogP contribution < -0.4 is 4.90 Å². The van der Waals surface area contributed by atoms with Crippen LogP contribution in [0.1, 0.15) is 32.6 Å². The average molecular weight is 301 g/mol. The van der Waals surface area contributed by atoms with E-state index < -0.39 is 0 Å². The fraction of sp³-hybridized carbons (Fsp3) is 0.643. The van der Waals surface area contributed by atoms with Gasteiger partial charge in [-0.2, -0.15) is 0 Å². The van der Waals surface area contributed by atoms with E-state index >= 15 is 0 Å². The molecule has 8 nitrogen and oxygen atoms in total. The van der Waals surface area contributed by atoms with E-state index in [2.05, 4.69) is 25.5 Å². The van der Waals surface area contributed by atoms with Gasteiger partial charge in [0.15, 0.2) is 11.5 Å². The summed E-state index contributed by atoms with van der Waals surface area (Å²) in [5.41, 5.74) is 0.658. The zero-order valence-electron chi connectivity index (χ0n) is 12.6. The molecule has 8 heteroatoms. The second kappa shape index (κ2) is 5.19. The van der Waals surface area contributed by atoms with Crippen LogP contribution in [0, 0.1) is 0 Å².